The predicted octanol–water partition coefficient (Wildman–Crippen LogP) is 2.54. The molecule has 0 aliphatic carbocycles. The number of anilines is 3. The van der Waals surface area contributed by atoms with Crippen LogP contribution in [0.3, 0.4) is 0 Å². The first kappa shape index (κ1) is 25.3. The number of aromatic nitrogens is 4. The number of fused-ring (bicyclic) bond motifs is 2. The quantitative estimate of drug-likeness (QED) is 0.491. The standard InChI is InChI=1S/C29H34N8O2/c1-20-11-14-36(25-17-24(33-34-29(25)30)23-5-2-3-6-26(23)38)15-16-37(20)28-10-12-31-27(32-28)7-4-13-35-18-21-8-9-22(19-35)39-21/h2-3,5-6,10,12,17,20-22,38H,8-9,11,13-16,18-19H2,1H3,(H2,30,34)/t20-,21?,22?/m0/s1. The molecule has 0 saturated carbocycles. The van der Waals surface area contributed by atoms with Crippen molar-refractivity contribution in [1.29, 1.82) is 0 Å². The Morgan fingerprint density at radius 3 is 2.69 bits per heavy atom. The third kappa shape index (κ3) is 5.60. The molecule has 3 saturated heterocycles. The molecular formula is C29H34N8O2. The number of nitrogen functional groups attached to an aromatic ring is 1. The van der Waals surface area contributed by atoms with Crippen LogP contribution < -0.4 is 15.5 Å². The number of nitrogens with two attached hydrogens (primary N) is 1. The van der Waals surface area contributed by atoms with Crippen molar-refractivity contribution in [2.45, 2.75) is 44.4 Å². The Labute approximate surface area is 228 Å². The van der Waals surface area contributed by atoms with Crippen molar-refractivity contribution in [3.63, 3.8) is 0 Å². The van der Waals surface area contributed by atoms with Crippen molar-refractivity contribution in [2.24, 2.45) is 0 Å². The van der Waals surface area contributed by atoms with Crippen molar-refractivity contribution in [3.05, 3.63) is 48.4 Å². The van der Waals surface area contributed by atoms with Gasteiger partial charge in [-0.15, -0.1) is 10.2 Å². The normalized spacial score (nSPS) is 23.3. The zero-order chi connectivity index (χ0) is 26.8. The van der Waals surface area contributed by atoms with Crippen LogP contribution in [-0.4, -0.2) is 87.7 Å². The van der Waals surface area contributed by atoms with Crippen LogP contribution in [0, 0.1) is 11.8 Å². The number of hydrogen-bond donors (Lipinski definition) is 2. The van der Waals surface area contributed by atoms with E-state index in [1.54, 1.807) is 18.3 Å². The van der Waals surface area contributed by atoms with Gasteiger partial charge in [0.05, 0.1) is 30.1 Å². The summed E-state index contributed by atoms with van der Waals surface area (Å²) < 4.78 is 5.92. The number of phenols is 1. The van der Waals surface area contributed by atoms with E-state index in [0.717, 1.165) is 63.5 Å². The van der Waals surface area contributed by atoms with E-state index in [1.165, 1.54) is 0 Å². The van der Waals surface area contributed by atoms with Crippen molar-refractivity contribution >= 4 is 17.3 Å². The molecule has 2 aromatic heterocycles. The molecule has 10 heteroatoms. The molecule has 2 unspecified atom stereocenters. The van der Waals surface area contributed by atoms with Gasteiger partial charge in [0, 0.05) is 50.5 Å². The van der Waals surface area contributed by atoms with Gasteiger partial charge in [0.25, 0.3) is 0 Å². The zero-order valence-corrected chi connectivity index (χ0v) is 22.2. The highest BCUT2D eigenvalue weighted by molar-refractivity contribution is 5.74. The molecule has 2 bridgehead atoms. The number of aromatic hydroxyl groups is 1. The summed E-state index contributed by atoms with van der Waals surface area (Å²) in [7, 11) is 0. The lowest BCUT2D eigenvalue weighted by atomic mass is 10.1. The van der Waals surface area contributed by atoms with Crippen LogP contribution in [-0.2, 0) is 4.74 Å². The van der Waals surface area contributed by atoms with Crippen LogP contribution in [0.2, 0.25) is 0 Å². The highest BCUT2D eigenvalue weighted by Gasteiger charge is 2.33. The molecule has 3 fully saturated rings. The lowest BCUT2D eigenvalue weighted by Crippen LogP contribution is -2.42. The minimum atomic E-state index is 0.165. The summed E-state index contributed by atoms with van der Waals surface area (Å²) >= 11 is 0. The molecule has 3 N–H and O–H groups in total. The fourth-order valence-corrected chi connectivity index (χ4v) is 5.73. The fraction of sp³-hybridized carbons (Fsp3) is 0.448. The summed E-state index contributed by atoms with van der Waals surface area (Å²) in [5, 5.41) is 18.7. The second-order valence-corrected chi connectivity index (χ2v) is 10.5. The Morgan fingerprint density at radius 2 is 1.87 bits per heavy atom. The van der Waals surface area contributed by atoms with Crippen LogP contribution >= 0.6 is 0 Å². The molecule has 202 valence electrons. The van der Waals surface area contributed by atoms with E-state index in [-0.39, 0.29) is 11.8 Å². The van der Waals surface area contributed by atoms with E-state index in [4.69, 9.17) is 15.5 Å². The van der Waals surface area contributed by atoms with Gasteiger partial charge in [-0.1, -0.05) is 18.1 Å². The van der Waals surface area contributed by atoms with Crippen LogP contribution in [0.4, 0.5) is 17.3 Å². The number of benzene rings is 1. The summed E-state index contributed by atoms with van der Waals surface area (Å²) in [6.45, 7) is 7.15. The SMILES string of the molecule is C[C@H]1CCN(c2cc(-c3ccccc3O)nnc2N)CCN1c1ccnc(C#CCN2CC3CCC(C2)O3)n1. The first-order valence-electron chi connectivity index (χ1n) is 13.7. The monoisotopic (exact) mass is 526 g/mol. The Kier molecular flexibility index (Phi) is 7.18. The van der Waals surface area contributed by atoms with Gasteiger partial charge in [0.15, 0.2) is 5.82 Å². The van der Waals surface area contributed by atoms with Gasteiger partial charge in [-0.25, -0.2) is 9.97 Å². The van der Waals surface area contributed by atoms with E-state index in [9.17, 15) is 5.11 Å². The largest absolute Gasteiger partial charge is 0.507 e. The van der Waals surface area contributed by atoms with Gasteiger partial charge in [0.2, 0.25) is 5.82 Å². The molecule has 0 radical (unpaired) electrons. The molecular weight excluding hydrogens is 492 g/mol. The Balaban J connectivity index is 1.14. The molecule has 3 aliphatic heterocycles. The third-order valence-electron chi connectivity index (χ3n) is 7.84. The molecule has 3 aromatic rings. The first-order chi connectivity index (χ1) is 19.0. The van der Waals surface area contributed by atoms with Crippen molar-refractivity contribution in [1.82, 2.24) is 25.1 Å². The maximum absolute atomic E-state index is 10.3. The molecule has 0 amide bonds. The molecule has 3 aliphatic rings. The van der Waals surface area contributed by atoms with Gasteiger partial charge in [-0.05, 0) is 56.4 Å². The number of nitrogens with zero attached hydrogens (tertiary/aromatic N) is 7. The highest BCUT2D eigenvalue weighted by atomic mass is 16.5. The van der Waals surface area contributed by atoms with E-state index >= 15 is 0 Å². The lowest BCUT2D eigenvalue weighted by molar-refractivity contribution is -0.0337. The molecule has 6 rings (SSSR count). The summed E-state index contributed by atoms with van der Waals surface area (Å²) in [5.41, 5.74) is 8.32. The minimum absolute atomic E-state index is 0.165. The van der Waals surface area contributed by atoms with Gasteiger partial charge in [0.1, 0.15) is 11.6 Å². The van der Waals surface area contributed by atoms with Crippen molar-refractivity contribution in [2.75, 3.05) is 54.8 Å². The second kappa shape index (κ2) is 11.0. The van der Waals surface area contributed by atoms with Crippen LogP contribution in [0.5, 0.6) is 5.75 Å². The Hall–Kier alpha value is -3.94. The van der Waals surface area contributed by atoms with Gasteiger partial charge < -0.3 is 25.4 Å². The number of phenolic OH excluding ortho intramolecular Hbond substituents is 1. The van der Waals surface area contributed by atoms with E-state index in [2.05, 4.69) is 48.6 Å². The molecule has 1 aromatic carbocycles. The smallest absolute Gasteiger partial charge is 0.206 e. The first-order valence-corrected chi connectivity index (χ1v) is 13.7. The van der Waals surface area contributed by atoms with E-state index in [1.807, 2.05) is 24.3 Å². The molecule has 3 atom stereocenters. The van der Waals surface area contributed by atoms with Gasteiger partial charge in [-0.3, -0.25) is 4.90 Å². The number of para-hydroxylation sites is 1. The van der Waals surface area contributed by atoms with Crippen molar-refractivity contribution in [3.8, 4) is 28.8 Å². The number of ether oxygens (including phenoxy) is 1. The summed E-state index contributed by atoms with van der Waals surface area (Å²) in [4.78, 5) is 16.1. The predicted molar refractivity (Wildman–Crippen MR) is 150 cm³/mol. The van der Waals surface area contributed by atoms with Gasteiger partial charge in [-0.2, -0.15) is 0 Å². The summed E-state index contributed by atoms with van der Waals surface area (Å²) in [5.74, 6) is 8.42. The van der Waals surface area contributed by atoms with Crippen molar-refractivity contribution < 1.29 is 9.84 Å². The second-order valence-electron chi connectivity index (χ2n) is 10.5. The zero-order valence-electron chi connectivity index (χ0n) is 22.2. The average Bonchev–Trinajstić information content (AvgIpc) is 3.16. The van der Waals surface area contributed by atoms with Crippen LogP contribution in [0.1, 0.15) is 32.0 Å². The minimum Gasteiger partial charge on any atom is -0.507 e. The lowest BCUT2D eigenvalue weighted by Gasteiger charge is -2.30. The number of rotatable bonds is 4. The summed E-state index contributed by atoms with van der Waals surface area (Å²) in [6.07, 6.45) is 5.76. The third-order valence-corrected chi connectivity index (χ3v) is 7.84. The van der Waals surface area contributed by atoms with E-state index < -0.39 is 0 Å². The number of morpholine rings is 1. The fourth-order valence-electron chi connectivity index (χ4n) is 5.73. The maximum Gasteiger partial charge on any atom is 0.206 e. The van der Waals surface area contributed by atoms with Crippen LogP contribution in [0.25, 0.3) is 11.3 Å². The Bertz CT molecular complexity index is 1380. The molecule has 0 spiro atoms. The average molecular weight is 527 g/mol. The maximum atomic E-state index is 10.3. The Morgan fingerprint density at radius 1 is 1.05 bits per heavy atom. The molecule has 10 nitrogen and oxygen atoms in total. The van der Waals surface area contributed by atoms with E-state index in [0.29, 0.717) is 41.7 Å². The number of likely N-dealkylation sites (tertiary alicyclic amines) is 1. The van der Waals surface area contributed by atoms with Crippen LogP contribution in [0.15, 0.2) is 42.6 Å². The number of hydrogen-bond acceptors (Lipinski definition) is 10. The molecule has 5 heterocycles. The topological polar surface area (TPSA) is 117 Å². The van der Waals surface area contributed by atoms with Gasteiger partial charge >= 0.3 is 0 Å². The highest BCUT2D eigenvalue weighted by Crippen LogP contribution is 2.32. The summed E-state index contributed by atoms with van der Waals surface area (Å²) in [6, 6.07) is 11.3. The molecule has 39 heavy (non-hydrogen) atoms.